The quantitative estimate of drug-likeness (QED) is 0.455. The third-order valence-electron chi connectivity index (χ3n) is 4.84. The number of nitrogens with one attached hydrogen (secondary N) is 2. The van der Waals surface area contributed by atoms with Crippen LogP contribution in [0.5, 0.6) is 5.75 Å². The summed E-state index contributed by atoms with van der Waals surface area (Å²) >= 11 is 0. The zero-order chi connectivity index (χ0) is 22.1. The van der Waals surface area contributed by atoms with E-state index in [-0.39, 0.29) is 36.1 Å². The number of oxazole rings is 1. The summed E-state index contributed by atoms with van der Waals surface area (Å²) in [7, 11) is 0. The summed E-state index contributed by atoms with van der Waals surface area (Å²) < 4.78 is 11.9. The van der Waals surface area contributed by atoms with Crippen LogP contribution in [0.1, 0.15) is 19.8 Å². The molecule has 1 atom stereocenters. The second kappa shape index (κ2) is 7.94. The van der Waals surface area contributed by atoms with E-state index in [4.69, 9.17) is 9.15 Å². The number of aryl methyl sites for hydroxylation is 1. The van der Waals surface area contributed by atoms with Gasteiger partial charge < -0.3 is 19.8 Å². The van der Waals surface area contributed by atoms with Gasteiger partial charge in [0.1, 0.15) is 5.75 Å². The molecule has 2 heterocycles. The maximum atomic E-state index is 12.3. The van der Waals surface area contributed by atoms with E-state index in [1.807, 2.05) is 0 Å². The first-order valence-electron chi connectivity index (χ1n) is 9.51. The van der Waals surface area contributed by atoms with Gasteiger partial charge in [-0.15, -0.1) is 0 Å². The fourth-order valence-electron chi connectivity index (χ4n) is 3.29. The normalized spacial score (nSPS) is 15.1. The number of non-ortho nitro benzene ring substituents is 1. The number of hydrogen-bond donors (Lipinski definition) is 2. The number of carbonyl (C=O) groups is 2. The van der Waals surface area contributed by atoms with E-state index in [1.54, 1.807) is 25.1 Å². The number of fused-ring (bicyclic) bond motifs is 2. The maximum absolute atomic E-state index is 12.3. The van der Waals surface area contributed by atoms with Crippen molar-refractivity contribution in [3.8, 4) is 5.75 Å². The summed E-state index contributed by atoms with van der Waals surface area (Å²) in [5.41, 5.74) is 1.35. The minimum absolute atomic E-state index is 0.122. The largest absolute Gasteiger partial charge is 0.479 e. The summed E-state index contributed by atoms with van der Waals surface area (Å²) in [6, 6.07) is 8.87. The molecule has 0 bridgehead atoms. The highest BCUT2D eigenvalue weighted by molar-refractivity contribution is 5.99. The molecular weight excluding hydrogens is 408 g/mol. The van der Waals surface area contributed by atoms with E-state index in [1.165, 1.54) is 22.8 Å². The standard InChI is InChI=1S/C20H18N4O7/c1-11-19(26)22-14-9-12(4-7-16(14)30-11)21-18(25)3-2-8-23-15-6-5-13(24(28)29)10-17(15)31-20(23)27/h4-7,9-11H,2-3,8H2,1H3,(H,21,25)(H,22,26). The number of rotatable bonds is 6. The van der Waals surface area contributed by atoms with Gasteiger partial charge in [0.25, 0.3) is 11.6 Å². The van der Waals surface area contributed by atoms with Gasteiger partial charge >= 0.3 is 5.76 Å². The number of anilines is 2. The number of ether oxygens (including phenoxy) is 1. The van der Waals surface area contributed by atoms with E-state index in [0.717, 1.165) is 0 Å². The Balaban J connectivity index is 1.37. The van der Waals surface area contributed by atoms with Crippen molar-refractivity contribution in [1.82, 2.24) is 4.57 Å². The number of carbonyl (C=O) groups excluding carboxylic acids is 2. The summed E-state index contributed by atoms with van der Waals surface area (Å²) in [5, 5.41) is 16.3. The summed E-state index contributed by atoms with van der Waals surface area (Å²) in [6.07, 6.45) is -0.107. The molecule has 1 aliphatic rings. The number of nitrogens with zero attached hydrogens (tertiary/aromatic N) is 2. The van der Waals surface area contributed by atoms with Crippen LogP contribution in [-0.4, -0.2) is 27.4 Å². The molecule has 4 rings (SSSR count). The van der Waals surface area contributed by atoms with Crippen LogP contribution < -0.4 is 21.1 Å². The van der Waals surface area contributed by atoms with Gasteiger partial charge in [-0.2, -0.15) is 0 Å². The highest BCUT2D eigenvalue weighted by Gasteiger charge is 2.23. The average molecular weight is 426 g/mol. The molecule has 11 nitrogen and oxygen atoms in total. The minimum Gasteiger partial charge on any atom is -0.479 e. The van der Waals surface area contributed by atoms with Gasteiger partial charge in [0.2, 0.25) is 5.91 Å². The predicted molar refractivity (Wildman–Crippen MR) is 110 cm³/mol. The molecule has 11 heteroatoms. The Labute approximate surface area is 174 Å². The van der Waals surface area contributed by atoms with Gasteiger partial charge in [-0.3, -0.25) is 24.3 Å². The summed E-state index contributed by atoms with van der Waals surface area (Å²) in [5.74, 6) is -0.654. The molecule has 31 heavy (non-hydrogen) atoms. The monoisotopic (exact) mass is 426 g/mol. The van der Waals surface area contributed by atoms with Gasteiger partial charge in [-0.1, -0.05) is 0 Å². The highest BCUT2D eigenvalue weighted by Crippen LogP contribution is 2.32. The fourth-order valence-corrected chi connectivity index (χ4v) is 3.29. The number of amides is 2. The van der Waals surface area contributed by atoms with Gasteiger partial charge in [-0.25, -0.2) is 4.79 Å². The molecule has 0 spiro atoms. The van der Waals surface area contributed by atoms with E-state index >= 15 is 0 Å². The summed E-state index contributed by atoms with van der Waals surface area (Å²) in [4.78, 5) is 46.3. The van der Waals surface area contributed by atoms with E-state index < -0.39 is 16.8 Å². The van der Waals surface area contributed by atoms with Crippen molar-refractivity contribution in [2.45, 2.75) is 32.4 Å². The smallest absolute Gasteiger partial charge is 0.419 e. The summed E-state index contributed by atoms with van der Waals surface area (Å²) in [6.45, 7) is 1.85. The predicted octanol–water partition coefficient (Wildman–Crippen LogP) is 2.64. The second-order valence-electron chi connectivity index (χ2n) is 7.04. The van der Waals surface area contributed by atoms with Crippen LogP contribution in [0.2, 0.25) is 0 Å². The lowest BCUT2D eigenvalue weighted by atomic mass is 10.2. The Bertz CT molecular complexity index is 1260. The molecule has 1 unspecified atom stereocenters. The van der Waals surface area contributed by atoms with Crippen LogP contribution in [0, 0.1) is 10.1 Å². The van der Waals surface area contributed by atoms with Gasteiger partial charge in [0.15, 0.2) is 11.7 Å². The van der Waals surface area contributed by atoms with Gasteiger partial charge in [-0.05, 0) is 37.6 Å². The second-order valence-corrected chi connectivity index (χ2v) is 7.04. The lowest BCUT2D eigenvalue weighted by Crippen LogP contribution is -2.34. The Kier molecular flexibility index (Phi) is 5.15. The Hall–Kier alpha value is -4.15. The van der Waals surface area contributed by atoms with E-state index in [0.29, 0.717) is 29.1 Å². The van der Waals surface area contributed by atoms with Crippen LogP contribution in [0.3, 0.4) is 0 Å². The molecule has 0 radical (unpaired) electrons. The lowest BCUT2D eigenvalue weighted by molar-refractivity contribution is -0.384. The maximum Gasteiger partial charge on any atom is 0.419 e. The van der Waals surface area contributed by atoms with Crippen molar-refractivity contribution in [2.75, 3.05) is 10.6 Å². The molecule has 0 aliphatic carbocycles. The number of nitro benzene ring substituents is 1. The van der Waals surface area contributed by atoms with Gasteiger partial charge in [0.05, 0.1) is 22.2 Å². The molecule has 0 fully saturated rings. The first-order chi connectivity index (χ1) is 14.8. The number of aromatic nitrogens is 1. The number of hydrogen-bond acceptors (Lipinski definition) is 7. The molecule has 2 aromatic carbocycles. The molecule has 1 aromatic heterocycles. The number of benzene rings is 2. The van der Waals surface area contributed by atoms with Crippen molar-refractivity contribution >= 4 is 40.0 Å². The zero-order valence-electron chi connectivity index (χ0n) is 16.4. The molecule has 0 saturated heterocycles. The number of nitro groups is 1. The van der Waals surface area contributed by atoms with Crippen LogP contribution in [-0.2, 0) is 16.1 Å². The van der Waals surface area contributed by atoms with Crippen molar-refractivity contribution in [3.63, 3.8) is 0 Å². The van der Waals surface area contributed by atoms with Crippen LogP contribution in [0.25, 0.3) is 11.1 Å². The van der Waals surface area contributed by atoms with Crippen molar-refractivity contribution in [1.29, 1.82) is 0 Å². The molecule has 1 aliphatic heterocycles. The van der Waals surface area contributed by atoms with Crippen molar-refractivity contribution in [3.05, 3.63) is 57.1 Å². The van der Waals surface area contributed by atoms with Crippen molar-refractivity contribution < 1.29 is 23.7 Å². The van der Waals surface area contributed by atoms with E-state index in [9.17, 15) is 24.5 Å². The first kappa shape index (κ1) is 20.1. The highest BCUT2D eigenvalue weighted by atomic mass is 16.6. The first-order valence-corrected chi connectivity index (χ1v) is 9.51. The van der Waals surface area contributed by atoms with Crippen LogP contribution >= 0.6 is 0 Å². The van der Waals surface area contributed by atoms with Crippen LogP contribution in [0.15, 0.2) is 45.6 Å². The van der Waals surface area contributed by atoms with Crippen molar-refractivity contribution in [2.24, 2.45) is 0 Å². The fraction of sp³-hybridized carbons (Fsp3) is 0.250. The Morgan fingerprint density at radius 3 is 2.84 bits per heavy atom. The van der Waals surface area contributed by atoms with E-state index in [2.05, 4.69) is 10.6 Å². The molecule has 2 amide bonds. The van der Waals surface area contributed by atoms with Crippen LogP contribution in [0.4, 0.5) is 17.1 Å². The van der Waals surface area contributed by atoms with Gasteiger partial charge in [0, 0.05) is 24.7 Å². The molecule has 0 saturated carbocycles. The minimum atomic E-state index is -0.643. The average Bonchev–Trinajstić information content (AvgIpc) is 3.03. The Morgan fingerprint density at radius 2 is 2.06 bits per heavy atom. The molecule has 2 N–H and O–H groups in total. The SMILES string of the molecule is CC1Oc2ccc(NC(=O)CCCn3c(=O)oc4cc([N+](=O)[O-])ccc43)cc2NC1=O. The molecule has 3 aromatic rings. The third kappa shape index (κ3) is 4.10. The Morgan fingerprint density at radius 1 is 1.26 bits per heavy atom. The molecule has 160 valence electrons. The lowest BCUT2D eigenvalue weighted by Gasteiger charge is -2.23. The topological polar surface area (TPSA) is 146 Å². The molecular formula is C20H18N4O7. The zero-order valence-corrected chi connectivity index (χ0v) is 16.4. The third-order valence-corrected chi connectivity index (χ3v) is 4.84.